The Morgan fingerprint density at radius 3 is 2.89 bits per heavy atom. The lowest BCUT2D eigenvalue weighted by molar-refractivity contribution is 0.189. The number of rotatable bonds is 6. The topological polar surface area (TPSA) is 72.0 Å². The lowest BCUT2D eigenvalue weighted by Gasteiger charge is -2.32. The molecule has 1 aromatic carbocycles. The van der Waals surface area contributed by atoms with E-state index in [0.29, 0.717) is 11.7 Å². The minimum absolute atomic E-state index is 0.0779. The van der Waals surface area contributed by atoms with E-state index in [-0.39, 0.29) is 6.61 Å². The molecule has 3 aromatic rings. The van der Waals surface area contributed by atoms with Crippen molar-refractivity contribution in [3.05, 3.63) is 54.4 Å². The number of imidazole rings is 1. The van der Waals surface area contributed by atoms with Gasteiger partial charge < -0.3 is 14.2 Å². The van der Waals surface area contributed by atoms with E-state index in [0.717, 1.165) is 61.7 Å². The first-order chi connectivity index (χ1) is 13.2. The summed E-state index contributed by atoms with van der Waals surface area (Å²) in [4.78, 5) is 7.31. The van der Waals surface area contributed by atoms with Crippen LogP contribution in [0.25, 0.3) is 11.0 Å². The zero-order valence-corrected chi connectivity index (χ0v) is 15.8. The molecule has 1 aliphatic heterocycles. The minimum atomic E-state index is -0.0779. The average molecular weight is 366 g/mol. The molecule has 7 nitrogen and oxygen atoms in total. The van der Waals surface area contributed by atoms with Gasteiger partial charge in [-0.05, 0) is 31.5 Å². The molecule has 7 heteroatoms. The second kappa shape index (κ2) is 7.62. The molecule has 1 fully saturated rings. The number of benzene rings is 1. The first-order valence-electron chi connectivity index (χ1n) is 9.47. The quantitative estimate of drug-likeness (QED) is 0.677. The van der Waals surface area contributed by atoms with Crippen LogP contribution in [0.4, 0.5) is 0 Å². The van der Waals surface area contributed by atoms with E-state index < -0.39 is 0 Å². The second-order valence-corrected chi connectivity index (χ2v) is 7.18. The molecule has 142 valence electrons. The Hall–Kier alpha value is -2.51. The van der Waals surface area contributed by atoms with Crippen molar-refractivity contribution in [2.24, 2.45) is 7.05 Å². The highest BCUT2D eigenvalue weighted by molar-refractivity contribution is 5.75. The van der Waals surface area contributed by atoms with Gasteiger partial charge in [0.15, 0.2) is 5.82 Å². The second-order valence-electron chi connectivity index (χ2n) is 7.18. The standard InChI is InChI=1S/C20H26N6O/c1-3-10-26-17-9-5-4-8-16(17)21-18(26)13-25-11-6-7-15(12-25)20-23-22-19(14-27)24(20)2/h3-5,8-9,15,27H,1,6-7,10-14H2,2H3/t15-/m0/s1. The number of allylic oxidation sites excluding steroid dienone is 1. The van der Waals surface area contributed by atoms with Crippen molar-refractivity contribution in [1.82, 2.24) is 29.2 Å². The normalized spacial score (nSPS) is 18.2. The van der Waals surface area contributed by atoms with E-state index in [9.17, 15) is 5.11 Å². The van der Waals surface area contributed by atoms with Gasteiger partial charge in [-0.2, -0.15) is 0 Å². The van der Waals surface area contributed by atoms with E-state index in [1.807, 2.05) is 23.8 Å². The van der Waals surface area contributed by atoms with Crippen molar-refractivity contribution < 1.29 is 5.11 Å². The number of likely N-dealkylation sites (tertiary alicyclic amines) is 1. The predicted octanol–water partition coefficient (Wildman–Crippen LogP) is 2.22. The van der Waals surface area contributed by atoms with E-state index in [1.165, 1.54) is 0 Å². The maximum atomic E-state index is 9.37. The number of para-hydroxylation sites is 2. The van der Waals surface area contributed by atoms with Crippen LogP contribution in [0.5, 0.6) is 0 Å². The van der Waals surface area contributed by atoms with Gasteiger partial charge in [-0.3, -0.25) is 4.90 Å². The zero-order valence-electron chi connectivity index (χ0n) is 15.8. The minimum Gasteiger partial charge on any atom is -0.388 e. The van der Waals surface area contributed by atoms with Gasteiger partial charge in [-0.15, -0.1) is 16.8 Å². The van der Waals surface area contributed by atoms with Crippen molar-refractivity contribution in [3.63, 3.8) is 0 Å². The van der Waals surface area contributed by atoms with Gasteiger partial charge in [0.25, 0.3) is 0 Å². The fourth-order valence-corrected chi connectivity index (χ4v) is 4.06. The summed E-state index contributed by atoms with van der Waals surface area (Å²) in [5, 5.41) is 17.8. The Balaban J connectivity index is 1.56. The molecule has 0 spiro atoms. The molecule has 1 saturated heterocycles. The molecule has 3 heterocycles. The van der Waals surface area contributed by atoms with Gasteiger partial charge in [0.1, 0.15) is 18.3 Å². The first kappa shape index (κ1) is 17.9. The summed E-state index contributed by atoms with van der Waals surface area (Å²) in [6.07, 6.45) is 4.14. The molecular weight excluding hydrogens is 340 g/mol. The maximum absolute atomic E-state index is 9.37. The average Bonchev–Trinajstić information content (AvgIpc) is 3.23. The molecule has 0 aliphatic carbocycles. The zero-order chi connectivity index (χ0) is 18.8. The highest BCUT2D eigenvalue weighted by Crippen LogP contribution is 2.27. The van der Waals surface area contributed by atoms with Crippen LogP contribution in [-0.2, 0) is 26.7 Å². The van der Waals surface area contributed by atoms with Crippen molar-refractivity contribution in [2.45, 2.75) is 38.5 Å². The number of fused-ring (bicyclic) bond motifs is 1. The van der Waals surface area contributed by atoms with Crippen molar-refractivity contribution in [3.8, 4) is 0 Å². The molecule has 0 unspecified atom stereocenters. The van der Waals surface area contributed by atoms with E-state index in [2.05, 4.69) is 44.4 Å². The molecule has 1 aliphatic rings. The lowest BCUT2D eigenvalue weighted by atomic mass is 9.97. The summed E-state index contributed by atoms with van der Waals surface area (Å²) in [5.74, 6) is 2.98. The maximum Gasteiger partial charge on any atom is 0.158 e. The van der Waals surface area contributed by atoms with Gasteiger partial charge in [0, 0.05) is 26.1 Å². The van der Waals surface area contributed by atoms with Gasteiger partial charge >= 0.3 is 0 Å². The van der Waals surface area contributed by atoms with Gasteiger partial charge in [-0.1, -0.05) is 18.2 Å². The molecule has 1 N–H and O–H groups in total. The van der Waals surface area contributed by atoms with Crippen LogP contribution in [0.1, 0.15) is 36.2 Å². The fourth-order valence-electron chi connectivity index (χ4n) is 4.06. The van der Waals surface area contributed by atoms with Crippen LogP contribution in [0.2, 0.25) is 0 Å². The Bertz CT molecular complexity index is 943. The highest BCUT2D eigenvalue weighted by atomic mass is 16.3. The fraction of sp³-hybridized carbons (Fsp3) is 0.450. The lowest BCUT2D eigenvalue weighted by Crippen LogP contribution is -2.35. The van der Waals surface area contributed by atoms with E-state index in [4.69, 9.17) is 4.98 Å². The summed E-state index contributed by atoms with van der Waals surface area (Å²) in [7, 11) is 1.93. The number of aromatic nitrogens is 5. The van der Waals surface area contributed by atoms with Crippen LogP contribution in [-0.4, -0.2) is 47.4 Å². The van der Waals surface area contributed by atoms with Crippen molar-refractivity contribution >= 4 is 11.0 Å². The summed E-state index contributed by atoms with van der Waals surface area (Å²) in [6, 6.07) is 8.26. The smallest absolute Gasteiger partial charge is 0.158 e. The molecular formula is C20H26N6O. The third-order valence-corrected chi connectivity index (χ3v) is 5.42. The first-order valence-corrected chi connectivity index (χ1v) is 9.47. The summed E-state index contributed by atoms with van der Waals surface area (Å²) in [5.41, 5.74) is 2.19. The Kier molecular flexibility index (Phi) is 5.05. The van der Waals surface area contributed by atoms with Crippen molar-refractivity contribution in [2.75, 3.05) is 13.1 Å². The largest absolute Gasteiger partial charge is 0.388 e. The van der Waals surface area contributed by atoms with Crippen molar-refractivity contribution in [1.29, 1.82) is 0 Å². The molecule has 0 amide bonds. The highest BCUT2D eigenvalue weighted by Gasteiger charge is 2.26. The molecule has 0 saturated carbocycles. The summed E-state index contributed by atoms with van der Waals surface area (Å²) >= 11 is 0. The van der Waals surface area contributed by atoms with Crippen LogP contribution < -0.4 is 0 Å². The van der Waals surface area contributed by atoms with E-state index in [1.54, 1.807) is 0 Å². The van der Waals surface area contributed by atoms with Crippen LogP contribution in [0.15, 0.2) is 36.9 Å². The SMILES string of the molecule is C=CCn1c(CN2CCC[C@H](c3nnc(CO)n3C)C2)nc2ccccc21. The van der Waals surface area contributed by atoms with Gasteiger partial charge in [0.2, 0.25) is 0 Å². The molecule has 1 atom stereocenters. The third kappa shape index (κ3) is 3.40. The van der Waals surface area contributed by atoms with Crippen LogP contribution in [0, 0.1) is 0 Å². The summed E-state index contributed by atoms with van der Waals surface area (Å²) < 4.78 is 4.18. The van der Waals surface area contributed by atoms with Crippen LogP contribution in [0.3, 0.4) is 0 Å². The molecule has 2 aromatic heterocycles. The molecule has 27 heavy (non-hydrogen) atoms. The Labute approximate surface area is 159 Å². The monoisotopic (exact) mass is 366 g/mol. The summed E-state index contributed by atoms with van der Waals surface area (Å²) in [6.45, 7) is 7.37. The number of piperidine rings is 1. The third-order valence-electron chi connectivity index (χ3n) is 5.42. The van der Waals surface area contributed by atoms with E-state index >= 15 is 0 Å². The Morgan fingerprint density at radius 1 is 1.26 bits per heavy atom. The molecule has 0 bridgehead atoms. The number of hydrogen-bond donors (Lipinski definition) is 1. The van der Waals surface area contributed by atoms with Gasteiger partial charge in [-0.25, -0.2) is 4.98 Å². The number of hydrogen-bond acceptors (Lipinski definition) is 5. The van der Waals surface area contributed by atoms with Crippen LogP contribution >= 0.6 is 0 Å². The van der Waals surface area contributed by atoms with Gasteiger partial charge in [0.05, 0.1) is 17.6 Å². The molecule has 0 radical (unpaired) electrons. The number of nitrogens with zero attached hydrogens (tertiary/aromatic N) is 6. The Morgan fingerprint density at radius 2 is 2.11 bits per heavy atom. The number of aliphatic hydroxyl groups excluding tert-OH is 1. The molecule has 4 rings (SSSR count). The number of aliphatic hydroxyl groups is 1. The predicted molar refractivity (Wildman–Crippen MR) is 104 cm³/mol.